The molecule has 0 aliphatic heterocycles. The molecule has 0 radical (unpaired) electrons. The zero-order valence-electron chi connectivity index (χ0n) is 13.1. The smallest absolute Gasteiger partial charge is 0.0897 e. The molecule has 20 heavy (non-hydrogen) atoms. The van der Waals surface area contributed by atoms with Crippen LogP contribution >= 0.6 is 0 Å². The third kappa shape index (κ3) is 6.99. The lowest BCUT2D eigenvalue weighted by Crippen LogP contribution is -2.45. The molecule has 5 heteroatoms. The van der Waals surface area contributed by atoms with E-state index in [1.807, 2.05) is 6.92 Å². The van der Waals surface area contributed by atoms with Crippen molar-refractivity contribution in [3.8, 4) is 0 Å². The molecule has 0 saturated heterocycles. The molecule has 2 atom stereocenters. The van der Waals surface area contributed by atoms with E-state index in [9.17, 15) is 10.2 Å². The molecular formula is C15H31NO4. The van der Waals surface area contributed by atoms with Crippen LogP contribution in [0.2, 0.25) is 0 Å². The van der Waals surface area contributed by atoms with Crippen molar-refractivity contribution in [1.29, 1.82) is 0 Å². The van der Waals surface area contributed by atoms with Crippen LogP contribution in [0.5, 0.6) is 0 Å². The Morgan fingerprint density at radius 3 is 2.55 bits per heavy atom. The minimum Gasteiger partial charge on any atom is -0.389 e. The summed E-state index contributed by atoms with van der Waals surface area (Å²) in [5, 5.41) is 23.4. The largest absolute Gasteiger partial charge is 0.389 e. The van der Waals surface area contributed by atoms with Crippen molar-refractivity contribution in [3.05, 3.63) is 0 Å². The maximum atomic E-state index is 10.4. The van der Waals surface area contributed by atoms with E-state index in [1.165, 1.54) is 0 Å². The molecule has 1 aliphatic rings. The minimum absolute atomic E-state index is 0.0151. The number of aliphatic hydroxyl groups excluding tert-OH is 1. The van der Waals surface area contributed by atoms with E-state index in [0.29, 0.717) is 19.7 Å². The number of methoxy groups -OCH3 is 1. The number of hydrogen-bond acceptors (Lipinski definition) is 5. The molecule has 0 bridgehead atoms. The van der Waals surface area contributed by atoms with Gasteiger partial charge in [0.25, 0.3) is 0 Å². The standard InChI is InChI=1S/C15H31NO4/c1-12-4-6-15(18,7-5-12)11-16-8-14(17)10-20-13(2)9-19-3/h12-14,16-18H,4-11H2,1-3H3. The van der Waals surface area contributed by atoms with Crippen molar-refractivity contribution in [2.24, 2.45) is 5.92 Å². The first kappa shape index (κ1) is 17.9. The molecule has 120 valence electrons. The second-order valence-corrected chi connectivity index (χ2v) is 6.29. The van der Waals surface area contributed by atoms with Crippen LogP contribution in [-0.4, -0.2) is 61.4 Å². The molecule has 3 N–H and O–H groups in total. The molecule has 0 aromatic carbocycles. The van der Waals surface area contributed by atoms with Gasteiger partial charge in [0.2, 0.25) is 0 Å². The average Bonchev–Trinajstić information content (AvgIpc) is 2.41. The third-order valence-electron chi connectivity index (χ3n) is 4.01. The molecule has 0 aromatic rings. The SMILES string of the molecule is COCC(C)OCC(O)CNCC1(O)CCC(C)CC1. The number of ether oxygens (including phenoxy) is 2. The van der Waals surface area contributed by atoms with Crippen LogP contribution in [0.1, 0.15) is 39.5 Å². The predicted octanol–water partition coefficient (Wildman–Crippen LogP) is 0.930. The highest BCUT2D eigenvalue weighted by Gasteiger charge is 2.31. The molecule has 0 heterocycles. The fraction of sp³-hybridized carbons (Fsp3) is 1.00. The van der Waals surface area contributed by atoms with Crippen molar-refractivity contribution < 1.29 is 19.7 Å². The van der Waals surface area contributed by atoms with Crippen LogP contribution in [0.4, 0.5) is 0 Å². The Balaban J connectivity index is 2.10. The topological polar surface area (TPSA) is 71.0 Å². The van der Waals surface area contributed by atoms with E-state index in [2.05, 4.69) is 12.2 Å². The zero-order chi connectivity index (χ0) is 15.0. The van der Waals surface area contributed by atoms with Gasteiger partial charge in [0.1, 0.15) is 0 Å². The Kier molecular flexibility index (Phi) is 7.99. The van der Waals surface area contributed by atoms with Gasteiger partial charge in [0, 0.05) is 20.2 Å². The van der Waals surface area contributed by atoms with Crippen molar-refractivity contribution in [2.75, 3.05) is 33.4 Å². The molecule has 0 spiro atoms. The van der Waals surface area contributed by atoms with E-state index >= 15 is 0 Å². The van der Waals surface area contributed by atoms with Crippen LogP contribution < -0.4 is 5.32 Å². The Morgan fingerprint density at radius 1 is 1.30 bits per heavy atom. The molecular weight excluding hydrogens is 258 g/mol. The molecule has 2 unspecified atom stereocenters. The number of nitrogens with one attached hydrogen (secondary N) is 1. The maximum Gasteiger partial charge on any atom is 0.0897 e. The van der Waals surface area contributed by atoms with Gasteiger partial charge in [0.05, 0.1) is 31.0 Å². The molecule has 1 aliphatic carbocycles. The van der Waals surface area contributed by atoms with Gasteiger partial charge in [-0.25, -0.2) is 0 Å². The van der Waals surface area contributed by atoms with Crippen LogP contribution in [0.25, 0.3) is 0 Å². The summed E-state index contributed by atoms with van der Waals surface area (Å²) >= 11 is 0. The number of rotatable bonds is 9. The van der Waals surface area contributed by atoms with E-state index in [0.717, 1.165) is 31.6 Å². The van der Waals surface area contributed by atoms with Gasteiger partial charge in [-0.2, -0.15) is 0 Å². The van der Waals surface area contributed by atoms with Gasteiger partial charge in [-0.05, 0) is 38.5 Å². The van der Waals surface area contributed by atoms with Crippen molar-refractivity contribution in [2.45, 2.75) is 57.3 Å². The van der Waals surface area contributed by atoms with Gasteiger partial charge in [-0.3, -0.25) is 0 Å². The van der Waals surface area contributed by atoms with E-state index in [-0.39, 0.29) is 12.7 Å². The van der Waals surface area contributed by atoms with Crippen LogP contribution in [-0.2, 0) is 9.47 Å². The Hall–Kier alpha value is -0.200. The summed E-state index contributed by atoms with van der Waals surface area (Å²) in [6.45, 7) is 5.94. The first-order valence-corrected chi connectivity index (χ1v) is 7.67. The lowest BCUT2D eigenvalue weighted by molar-refractivity contribution is -0.0359. The van der Waals surface area contributed by atoms with Gasteiger partial charge in [-0.1, -0.05) is 6.92 Å². The second kappa shape index (κ2) is 8.95. The van der Waals surface area contributed by atoms with E-state index in [1.54, 1.807) is 7.11 Å². The first-order valence-electron chi connectivity index (χ1n) is 7.67. The second-order valence-electron chi connectivity index (χ2n) is 6.29. The fourth-order valence-electron chi connectivity index (χ4n) is 2.56. The summed E-state index contributed by atoms with van der Waals surface area (Å²) in [6.07, 6.45) is 3.28. The average molecular weight is 289 g/mol. The van der Waals surface area contributed by atoms with Crippen LogP contribution in [0, 0.1) is 5.92 Å². The predicted molar refractivity (Wildman–Crippen MR) is 78.7 cm³/mol. The summed E-state index contributed by atoms with van der Waals surface area (Å²) < 4.78 is 10.4. The lowest BCUT2D eigenvalue weighted by atomic mass is 9.79. The number of hydrogen-bond donors (Lipinski definition) is 3. The van der Waals surface area contributed by atoms with E-state index < -0.39 is 11.7 Å². The summed E-state index contributed by atoms with van der Waals surface area (Å²) in [5.74, 6) is 0.719. The van der Waals surface area contributed by atoms with Crippen molar-refractivity contribution in [1.82, 2.24) is 5.32 Å². The highest BCUT2D eigenvalue weighted by atomic mass is 16.5. The summed E-state index contributed by atoms with van der Waals surface area (Å²) in [5.41, 5.74) is -0.601. The fourth-order valence-corrected chi connectivity index (χ4v) is 2.56. The molecule has 0 amide bonds. The Labute approximate surface area is 122 Å². The molecule has 0 aromatic heterocycles. The zero-order valence-corrected chi connectivity index (χ0v) is 13.1. The molecule has 1 fully saturated rings. The lowest BCUT2D eigenvalue weighted by Gasteiger charge is -2.35. The van der Waals surface area contributed by atoms with Crippen LogP contribution in [0.15, 0.2) is 0 Å². The van der Waals surface area contributed by atoms with Crippen molar-refractivity contribution in [3.63, 3.8) is 0 Å². The first-order chi connectivity index (χ1) is 9.45. The van der Waals surface area contributed by atoms with Gasteiger partial charge in [-0.15, -0.1) is 0 Å². The quantitative estimate of drug-likeness (QED) is 0.589. The van der Waals surface area contributed by atoms with Crippen molar-refractivity contribution >= 4 is 0 Å². The summed E-state index contributed by atoms with van der Waals surface area (Å²) in [6, 6.07) is 0. The van der Waals surface area contributed by atoms with Gasteiger partial charge in [0.15, 0.2) is 0 Å². The Bertz CT molecular complexity index is 254. The molecule has 1 rings (SSSR count). The molecule has 1 saturated carbocycles. The third-order valence-corrected chi connectivity index (χ3v) is 4.01. The van der Waals surface area contributed by atoms with E-state index in [4.69, 9.17) is 9.47 Å². The van der Waals surface area contributed by atoms with Gasteiger partial charge >= 0.3 is 0 Å². The monoisotopic (exact) mass is 289 g/mol. The Morgan fingerprint density at radius 2 is 1.95 bits per heavy atom. The summed E-state index contributed by atoms with van der Waals surface area (Å²) in [4.78, 5) is 0. The highest BCUT2D eigenvalue weighted by Crippen LogP contribution is 2.31. The minimum atomic E-state index is -0.601. The maximum absolute atomic E-state index is 10.4. The summed E-state index contributed by atoms with van der Waals surface area (Å²) in [7, 11) is 1.63. The number of aliphatic hydroxyl groups is 2. The van der Waals surface area contributed by atoms with Gasteiger partial charge < -0.3 is 25.0 Å². The normalized spacial score (nSPS) is 30.1. The molecule has 5 nitrogen and oxygen atoms in total. The van der Waals surface area contributed by atoms with Crippen LogP contribution in [0.3, 0.4) is 0 Å². The highest BCUT2D eigenvalue weighted by molar-refractivity contribution is 4.86.